The number of nitrogens with zero attached hydrogens (tertiary/aromatic N) is 2. The molecule has 2 atom stereocenters. The Balaban J connectivity index is 1.67. The number of urea groups is 1. The summed E-state index contributed by atoms with van der Waals surface area (Å²) < 4.78 is 5.87. The highest BCUT2D eigenvalue weighted by atomic mass is 16.5. The highest BCUT2D eigenvalue weighted by Gasteiger charge is 2.28. The summed E-state index contributed by atoms with van der Waals surface area (Å²) in [6.45, 7) is 2.61. The van der Waals surface area contributed by atoms with E-state index in [4.69, 9.17) is 4.74 Å². The molecule has 3 heterocycles. The van der Waals surface area contributed by atoms with Gasteiger partial charge in [0.25, 0.3) is 0 Å². The van der Waals surface area contributed by atoms with Crippen molar-refractivity contribution in [3.63, 3.8) is 0 Å². The summed E-state index contributed by atoms with van der Waals surface area (Å²) in [4.78, 5) is 20.4. The molecule has 1 aliphatic heterocycles. The van der Waals surface area contributed by atoms with Crippen LogP contribution in [0.2, 0.25) is 0 Å². The van der Waals surface area contributed by atoms with Crippen molar-refractivity contribution in [3.05, 3.63) is 54.1 Å². The van der Waals surface area contributed by atoms with Crippen molar-refractivity contribution in [2.75, 3.05) is 11.9 Å². The number of carbonyl (C=O) groups excluding carboxylic acids is 1. The van der Waals surface area contributed by atoms with Crippen molar-refractivity contribution in [2.24, 2.45) is 0 Å². The van der Waals surface area contributed by atoms with Gasteiger partial charge in [0.1, 0.15) is 6.10 Å². The van der Waals surface area contributed by atoms with Crippen LogP contribution in [-0.2, 0) is 4.74 Å². The SMILES string of the molecule is Cc1cnccc1NC(=O)N[C@H]1CCCO[C@@H]1c1ccncc1. The number of hydrogen-bond donors (Lipinski definition) is 2. The smallest absolute Gasteiger partial charge is 0.319 e. The fourth-order valence-corrected chi connectivity index (χ4v) is 2.75. The minimum absolute atomic E-state index is 0.0618. The molecule has 2 N–H and O–H groups in total. The zero-order valence-electron chi connectivity index (χ0n) is 13.0. The number of nitrogens with one attached hydrogen (secondary N) is 2. The van der Waals surface area contributed by atoms with Crippen LogP contribution >= 0.6 is 0 Å². The minimum atomic E-state index is -0.228. The minimum Gasteiger partial charge on any atom is -0.371 e. The second-order valence-electron chi connectivity index (χ2n) is 5.61. The van der Waals surface area contributed by atoms with E-state index in [1.165, 1.54) is 0 Å². The lowest BCUT2D eigenvalue weighted by Gasteiger charge is -2.32. The summed E-state index contributed by atoms with van der Waals surface area (Å²) >= 11 is 0. The molecule has 23 heavy (non-hydrogen) atoms. The topological polar surface area (TPSA) is 76.1 Å². The van der Waals surface area contributed by atoms with Crippen molar-refractivity contribution in [1.82, 2.24) is 15.3 Å². The van der Waals surface area contributed by atoms with Gasteiger partial charge in [0, 0.05) is 37.1 Å². The Labute approximate surface area is 135 Å². The molecule has 1 aliphatic rings. The molecular formula is C17H20N4O2. The van der Waals surface area contributed by atoms with E-state index < -0.39 is 0 Å². The maximum atomic E-state index is 12.3. The first-order chi connectivity index (χ1) is 11.2. The van der Waals surface area contributed by atoms with Crippen LogP contribution in [0.4, 0.5) is 10.5 Å². The number of aromatic nitrogens is 2. The zero-order chi connectivity index (χ0) is 16.1. The van der Waals surface area contributed by atoms with Gasteiger partial charge in [0.2, 0.25) is 0 Å². The Kier molecular flexibility index (Phi) is 4.83. The normalized spacial score (nSPS) is 20.7. The molecule has 3 rings (SSSR count). The molecule has 2 aromatic rings. The van der Waals surface area contributed by atoms with Gasteiger partial charge in [-0.1, -0.05) is 0 Å². The van der Waals surface area contributed by atoms with E-state index in [0.29, 0.717) is 6.61 Å². The van der Waals surface area contributed by atoms with Crippen LogP contribution in [0.15, 0.2) is 43.0 Å². The summed E-state index contributed by atoms with van der Waals surface area (Å²) in [6, 6.07) is 5.35. The lowest BCUT2D eigenvalue weighted by atomic mass is 9.97. The molecule has 0 aliphatic carbocycles. The Morgan fingerprint density at radius 1 is 1.22 bits per heavy atom. The van der Waals surface area contributed by atoms with Crippen LogP contribution in [0.5, 0.6) is 0 Å². The van der Waals surface area contributed by atoms with Crippen LogP contribution in [0, 0.1) is 6.92 Å². The van der Waals surface area contributed by atoms with E-state index in [1.54, 1.807) is 30.9 Å². The summed E-state index contributed by atoms with van der Waals surface area (Å²) in [5, 5.41) is 5.90. The van der Waals surface area contributed by atoms with E-state index in [2.05, 4.69) is 20.6 Å². The van der Waals surface area contributed by atoms with Crippen LogP contribution in [0.25, 0.3) is 0 Å². The highest BCUT2D eigenvalue weighted by molar-refractivity contribution is 5.90. The van der Waals surface area contributed by atoms with Crippen LogP contribution < -0.4 is 10.6 Å². The number of ether oxygens (including phenoxy) is 1. The largest absolute Gasteiger partial charge is 0.371 e. The third-order valence-corrected chi connectivity index (χ3v) is 3.94. The van der Waals surface area contributed by atoms with Crippen LogP contribution in [0.3, 0.4) is 0 Å². The van der Waals surface area contributed by atoms with Gasteiger partial charge in [0.05, 0.1) is 6.04 Å². The molecule has 0 unspecified atom stereocenters. The number of pyridine rings is 2. The summed E-state index contributed by atoms with van der Waals surface area (Å²) in [7, 11) is 0. The second kappa shape index (κ2) is 7.19. The van der Waals surface area contributed by atoms with Gasteiger partial charge in [-0.25, -0.2) is 4.79 Å². The Hall–Kier alpha value is -2.47. The molecular weight excluding hydrogens is 292 g/mol. The van der Waals surface area contributed by atoms with Gasteiger partial charge < -0.3 is 15.4 Å². The first-order valence-corrected chi connectivity index (χ1v) is 7.73. The zero-order valence-corrected chi connectivity index (χ0v) is 13.0. The molecule has 2 aromatic heterocycles. The average Bonchev–Trinajstić information content (AvgIpc) is 2.58. The number of aryl methyl sites for hydroxylation is 1. The fourth-order valence-electron chi connectivity index (χ4n) is 2.75. The molecule has 2 amide bonds. The molecule has 0 bridgehead atoms. The van der Waals surface area contributed by atoms with E-state index in [-0.39, 0.29) is 18.2 Å². The molecule has 120 valence electrons. The van der Waals surface area contributed by atoms with Gasteiger partial charge in [-0.05, 0) is 49.1 Å². The molecule has 0 radical (unpaired) electrons. The predicted molar refractivity (Wildman–Crippen MR) is 87.1 cm³/mol. The molecule has 0 aromatic carbocycles. The molecule has 0 saturated carbocycles. The maximum Gasteiger partial charge on any atom is 0.319 e. The van der Waals surface area contributed by atoms with Gasteiger partial charge in [-0.15, -0.1) is 0 Å². The lowest BCUT2D eigenvalue weighted by molar-refractivity contribution is -0.00701. The molecule has 6 nitrogen and oxygen atoms in total. The maximum absolute atomic E-state index is 12.3. The van der Waals surface area contributed by atoms with Crippen molar-refractivity contribution in [2.45, 2.75) is 31.9 Å². The summed E-state index contributed by atoms with van der Waals surface area (Å²) in [5.41, 5.74) is 2.72. The van der Waals surface area contributed by atoms with E-state index in [9.17, 15) is 4.79 Å². The number of amides is 2. The highest BCUT2D eigenvalue weighted by Crippen LogP contribution is 2.28. The quantitative estimate of drug-likeness (QED) is 0.913. The fraction of sp³-hybridized carbons (Fsp3) is 0.353. The Morgan fingerprint density at radius 2 is 2.00 bits per heavy atom. The van der Waals surface area contributed by atoms with Crippen molar-refractivity contribution in [3.8, 4) is 0 Å². The van der Waals surface area contributed by atoms with Crippen LogP contribution in [0.1, 0.15) is 30.1 Å². The van der Waals surface area contributed by atoms with Crippen LogP contribution in [-0.4, -0.2) is 28.6 Å². The lowest BCUT2D eigenvalue weighted by Crippen LogP contribution is -2.44. The predicted octanol–water partition coefficient (Wildman–Crippen LogP) is 2.83. The number of anilines is 1. The third kappa shape index (κ3) is 3.84. The first-order valence-electron chi connectivity index (χ1n) is 7.73. The Morgan fingerprint density at radius 3 is 2.78 bits per heavy atom. The van der Waals surface area contributed by atoms with Gasteiger partial charge in [-0.3, -0.25) is 9.97 Å². The first kappa shape index (κ1) is 15.4. The van der Waals surface area contributed by atoms with E-state index in [1.807, 2.05) is 19.1 Å². The molecule has 1 saturated heterocycles. The molecule has 6 heteroatoms. The van der Waals surface area contributed by atoms with Gasteiger partial charge >= 0.3 is 6.03 Å². The molecule has 0 spiro atoms. The average molecular weight is 312 g/mol. The van der Waals surface area contributed by atoms with Gasteiger partial charge in [-0.2, -0.15) is 0 Å². The molecule has 1 fully saturated rings. The van der Waals surface area contributed by atoms with Crippen molar-refractivity contribution >= 4 is 11.7 Å². The number of hydrogen-bond acceptors (Lipinski definition) is 4. The monoisotopic (exact) mass is 312 g/mol. The number of carbonyl (C=O) groups is 1. The third-order valence-electron chi connectivity index (χ3n) is 3.94. The standard InChI is InChI=1S/C17H20N4O2/c1-12-11-19-9-6-14(12)20-17(22)21-15-3-2-10-23-16(15)13-4-7-18-8-5-13/h4-9,11,15-16H,2-3,10H2,1H3,(H2,19,20,21,22)/t15-,16+/m0/s1. The number of rotatable bonds is 3. The second-order valence-corrected chi connectivity index (χ2v) is 5.61. The van der Waals surface area contributed by atoms with Crippen molar-refractivity contribution in [1.29, 1.82) is 0 Å². The Bertz CT molecular complexity index is 663. The van der Waals surface area contributed by atoms with E-state index in [0.717, 1.165) is 29.7 Å². The van der Waals surface area contributed by atoms with E-state index >= 15 is 0 Å². The summed E-state index contributed by atoms with van der Waals surface area (Å²) in [5.74, 6) is 0. The van der Waals surface area contributed by atoms with Gasteiger partial charge in [0.15, 0.2) is 0 Å². The summed E-state index contributed by atoms with van der Waals surface area (Å²) in [6.07, 6.45) is 8.54. The van der Waals surface area contributed by atoms with Crippen molar-refractivity contribution < 1.29 is 9.53 Å².